The summed E-state index contributed by atoms with van der Waals surface area (Å²) in [6.45, 7) is 3.25. The fourth-order valence-corrected chi connectivity index (χ4v) is 1.84. The van der Waals surface area contributed by atoms with Crippen LogP contribution in [-0.2, 0) is 9.63 Å². The highest BCUT2D eigenvalue weighted by Crippen LogP contribution is 2.16. The Bertz CT molecular complexity index is 383. The Morgan fingerprint density at radius 1 is 1.35 bits per heavy atom. The van der Waals surface area contributed by atoms with Crippen LogP contribution in [0, 0.1) is 6.92 Å². The quantitative estimate of drug-likeness (QED) is 0.844. The molecule has 1 unspecified atom stereocenters. The summed E-state index contributed by atoms with van der Waals surface area (Å²) in [6, 6.07) is 7.07. The third-order valence-electron chi connectivity index (χ3n) is 2.95. The monoisotopic (exact) mass is 234 g/mol. The van der Waals surface area contributed by atoms with Gasteiger partial charge < -0.3 is 5.73 Å². The maximum Gasteiger partial charge on any atom is 0.267 e. The molecule has 17 heavy (non-hydrogen) atoms. The van der Waals surface area contributed by atoms with Crippen LogP contribution in [0.2, 0.25) is 0 Å². The zero-order valence-electron chi connectivity index (χ0n) is 10.1. The molecular formula is C13H18N2O2. The molecule has 1 atom stereocenters. The van der Waals surface area contributed by atoms with Crippen LogP contribution in [0.25, 0.3) is 0 Å². The van der Waals surface area contributed by atoms with Gasteiger partial charge in [-0.3, -0.25) is 9.63 Å². The Balaban J connectivity index is 2.05. The Morgan fingerprint density at radius 2 is 2.06 bits per heavy atom. The second-order valence-electron chi connectivity index (χ2n) is 4.37. The van der Waals surface area contributed by atoms with E-state index in [2.05, 4.69) is 0 Å². The zero-order valence-corrected chi connectivity index (χ0v) is 10.1. The van der Waals surface area contributed by atoms with E-state index in [1.807, 2.05) is 31.2 Å². The molecule has 92 valence electrons. The molecule has 1 saturated heterocycles. The van der Waals surface area contributed by atoms with Gasteiger partial charge in [-0.25, -0.2) is 5.06 Å². The van der Waals surface area contributed by atoms with Gasteiger partial charge in [0.2, 0.25) is 0 Å². The van der Waals surface area contributed by atoms with Gasteiger partial charge in [0.05, 0.1) is 6.61 Å². The van der Waals surface area contributed by atoms with E-state index < -0.39 is 6.04 Å². The molecule has 1 heterocycles. The van der Waals surface area contributed by atoms with E-state index in [-0.39, 0.29) is 5.91 Å². The lowest BCUT2D eigenvalue weighted by molar-refractivity contribution is -0.198. The van der Waals surface area contributed by atoms with Gasteiger partial charge in [0.15, 0.2) is 0 Å². The lowest BCUT2D eigenvalue weighted by Gasteiger charge is -2.28. The number of nitrogens with two attached hydrogens (primary N) is 1. The fraction of sp³-hybridized carbons (Fsp3) is 0.462. The first kappa shape index (κ1) is 12.1. The summed E-state index contributed by atoms with van der Waals surface area (Å²) in [5.74, 6) is -0.159. The number of rotatable bonds is 2. The van der Waals surface area contributed by atoms with Gasteiger partial charge in [-0.1, -0.05) is 29.8 Å². The van der Waals surface area contributed by atoms with Crippen molar-refractivity contribution in [2.75, 3.05) is 13.2 Å². The predicted octanol–water partition coefficient (Wildman–Crippen LogP) is 1.55. The number of carbonyl (C=O) groups excluding carboxylic acids is 1. The van der Waals surface area contributed by atoms with Crippen LogP contribution in [0.5, 0.6) is 0 Å². The molecule has 1 aromatic carbocycles. The summed E-state index contributed by atoms with van der Waals surface area (Å²) in [5, 5.41) is 1.40. The molecule has 2 rings (SSSR count). The van der Waals surface area contributed by atoms with Gasteiger partial charge in [-0.2, -0.15) is 0 Å². The summed E-state index contributed by atoms with van der Waals surface area (Å²) in [7, 11) is 0. The van der Waals surface area contributed by atoms with Crippen molar-refractivity contribution in [3.63, 3.8) is 0 Å². The van der Waals surface area contributed by atoms with Crippen LogP contribution in [0.15, 0.2) is 24.3 Å². The molecule has 1 amide bonds. The van der Waals surface area contributed by atoms with E-state index in [1.165, 1.54) is 5.06 Å². The number of benzene rings is 1. The number of nitrogens with zero attached hydrogens (tertiary/aromatic N) is 1. The van der Waals surface area contributed by atoms with Crippen molar-refractivity contribution < 1.29 is 9.63 Å². The third-order valence-corrected chi connectivity index (χ3v) is 2.95. The van der Waals surface area contributed by atoms with Gasteiger partial charge in [-0.05, 0) is 25.3 Å². The van der Waals surface area contributed by atoms with Crippen molar-refractivity contribution in [3.8, 4) is 0 Å². The molecule has 0 radical (unpaired) electrons. The molecule has 1 aromatic rings. The smallest absolute Gasteiger partial charge is 0.267 e. The van der Waals surface area contributed by atoms with E-state index in [0.717, 1.165) is 24.0 Å². The number of aryl methyl sites for hydroxylation is 1. The van der Waals surface area contributed by atoms with Crippen LogP contribution >= 0.6 is 0 Å². The first-order chi connectivity index (χ1) is 8.18. The van der Waals surface area contributed by atoms with Crippen molar-refractivity contribution >= 4 is 5.91 Å². The van der Waals surface area contributed by atoms with Gasteiger partial charge in [-0.15, -0.1) is 0 Å². The van der Waals surface area contributed by atoms with Gasteiger partial charge in [0.1, 0.15) is 6.04 Å². The summed E-state index contributed by atoms with van der Waals surface area (Å²) in [4.78, 5) is 17.4. The van der Waals surface area contributed by atoms with E-state index in [0.29, 0.717) is 13.2 Å². The average Bonchev–Trinajstić information content (AvgIpc) is 2.39. The third kappa shape index (κ3) is 2.84. The van der Waals surface area contributed by atoms with Crippen LogP contribution in [0.1, 0.15) is 30.0 Å². The Kier molecular flexibility index (Phi) is 3.76. The van der Waals surface area contributed by atoms with Crippen molar-refractivity contribution in [2.45, 2.75) is 25.8 Å². The summed E-state index contributed by atoms with van der Waals surface area (Å²) < 4.78 is 0. The predicted molar refractivity (Wildman–Crippen MR) is 65.0 cm³/mol. The molecule has 1 fully saturated rings. The fourth-order valence-electron chi connectivity index (χ4n) is 1.84. The van der Waals surface area contributed by atoms with Crippen LogP contribution in [-0.4, -0.2) is 24.1 Å². The Morgan fingerprint density at radius 3 is 2.65 bits per heavy atom. The van der Waals surface area contributed by atoms with Crippen molar-refractivity contribution in [2.24, 2.45) is 5.73 Å². The highest BCUT2D eigenvalue weighted by Gasteiger charge is 2.24. The number of amides is 1. The highest BCUT2D eigenvalue weighted by molar-refractivity contribution is 5.82. The van der Waals surface area contributed by atoms with Crippen LogP contribution in [0.3, 0.4) is 0 Å². The highest BCUT2D eigenvalue weighted by atomic mass is 16.7. The van der Waals surface area contributed by atoms with E-state index in [4.69, 9.17) is 10.6 Å². The molecule has 0 aliphatic carbocycles. The number of hydroxylamine groups is 2. The van der Waals surface area contributed by atoms with E-state index >= 15 is 0 Å². The SMILES string of the molecule is Cc1ccc(C(N)C(=O)N2CCCCO2)cc1. The van der Waals surface area contributed by atoms with Crippen molar-refractivity contribution in [1.29, 1.82) is 0 Å². The molecule has 4 heteroatoms. The lowest BCUT2D eigenvalue weighted by Crippen LogP contribution is -2.41. The maximum absolute atomic E-state index is 12.1. The minimum atomic E-state index is -0.631. The van der Waals surface area contributed by atoms with Gasteiger partial charge >= 0.3 is 0 Å². The lowest BCUT2D eigenvalue weighted by atomic mass is 10.1. The van der Waals surface area contributed by atoms with Crippen LogP contribution in [0.4, 0.5) is 0 Å². The summed E-state index contributed by atoms with van der Waals surface area (Å²) in [5.41, 5.74) is 7.93. The topological polar surface area (TPSA) is 55.6 Å². The minimum Gasteiger partial charge on any atom is -0.316 e. The molecule has 0 spiro atoms. The zero-order chi connectivity index (χ0) is 12.3. The second kappa shape index (κ2) is 5.29. The van der Waals surface area contributed by atoms with Crippen molar-refractivity contribution in [3.05, 3.63) is 35.4 Å². The van der Waals surface area contributed by atoms with Gasteiger partial charge in [0.25, 0.3) is 5.91 Å². The normalized spacial score (nSPS) is 17.9. The first-order valence-electron chi connectivity index (χ1n) is 5.95. The van der Waals surface area contributed by atoms with E-state index in [1.54, 1.807) is 0 Å². The molecule has 4 nitrogen and oxygen atoms in total. The maximum atomic E-state index is 12.1. The minimum absolute atomic E-state index is 0.159. The van der Waals surface area contributed by atoms with Crippen LogP contribution < -0.4 is 5.73 Å². The molecule has 0 saturated carbocycles. The number of hydrogen-bond acceptors (Lipinski definition) is 3. The summed E-state index contributed by atoms with van der Waals surface area (Å²) in [6.07, 6.45) is 1.98. The molecular weight excluding hydrogens is 216 g/mol. The molecule has 0 aromatic heterocycles. The van der Waals surface area contributed by atoms with Gasteiger partial charge in [0, 0.05) is 6.54 Å². The average molecular weight is 234 g/mol. The van der Waals surface area contributed by atoms with Crippen molar-refractivity contribution in [1.82, 2.24) is 5.06 Å². The first-order valence-corrected chi connectivity index (χ1v) is 5.95. The van der Waals surface area contributed by atoms with E-state index in [9.17, 15) is 4.79 Å². The number of hydrogen-bond donors (Lipinski definition) is 1. The Labute approximate surface area is 101 Å². The molecule has 1 aliphatic rings. The standard InChI is InChI=1S/C13H18N2O2/c1-10-4-6-11(7-5-10)12(14)13(16)15-8-2-3-9-17-15/h4-7,12H,2-3,8-9,14H2,1H3. The Hall–Kier alpha value is -1.39. The second-order valence-corrected chi connectivity index (χ2v) is 4.37. The largest absolute Gasteiger partial charge is 0.316 e. The number of carbonyl (C=O) groups is 1. The molecule has 2 N–H and O–H groups in total. The molecule has 0 bridgehead atoms. The summed E-state index contributed by atoms with van der Waals surface area (Å²) >= 11 is 0. The molecule has 1 aliphatic heterocycles.